The van der Waals surface area contributed by atoms with Crippen molar-refractivity contribution in [1.29, 1.82) is 5.41 Å². The summed E-state index contributed by atoms with van der Waals surface area (Å²) in [5, 5.41) is 13.0. The van der Waals surface area contributed by atoms with Gasteiger partial charge in [0.25, 0.3) is 5.91 Å². The molecule has 0 aliphatic carbocycles. The van der Waals surface area contributed by atoms with Gasteiger partial charge in [0.15, 0.2) is 0 Å². The van der Waals surface area contributed by atoms with Crippen molar-refractivity contribution in [2.45, 2.75) is 25.7 Å². The van der Waals surface area contributed by atoms with E-state index in [1.165, 1.54) is 12.3 Å². The van der Waals surface area contributed by atoms with E-state index in [2.05, 4.69) is 20.6 Å². The molecule has 2 heterocycles. The highest BCUT2D eigenvalue weighted by Crippen LogP contribution is 2.29. The molecule has 1 aromatic heterocycles. The van der Waals surface area contributed by atoms with Crippen LogP contribution in [0.15, 0.2) is 41.5 Å². The summed E-state index contributed by atoms with van der Waals surface area (Å²) in [6.45, 7) is 3.21. The predicted molar refractivity (Wildman–Crippen MR) is 120 cm³/mol. The van der Waals surface area contributed by atoms with Crippen LogP contribution in [-0.4, -0.2) is 60.8 Å². The van der Waals surface area contributed by atoms with Crippen LogP contribution in [0.5, 0.6) is 0 Å². The first-order valence-corrected chi connectivity index (χ1v) is 10.3. The molecule has 0 radical (unpaired) electrons. The number of anilines is 2. The molecule has 1 aromatic carbocycles. The zero-order chi connectivity index (χ0) is 23.8. The Morgan fingerprint density at radius 2 is 2.15 bits per heavy atom. The van der Waals surface area contributed by atoms with Gasteiger partial charge in [0.1, 0.15) is 18.7 Å². The Kier molecular flexibility index (Phi) is 7.99. The molecule has 1 aliphatic heterocycles. The van der Waals surface area contributed by atoms with Crippen molar-refractivity contribution in [3.8, 4) is 0 Å². The van der Waals surface area contributed by atoms with Gasteiger partial charge in [-0.15, -0.1) is 0 Å². The Hall–Kier alpha value is -3.47. The second-order valence-corrected chi connectivity index (χ2v) is 7.37. The van der Waals surface area contributed by atoms with Crippen LogP contribution in [-0.2, 0) is 10.9 Å². The summed E-state index contributed by atoms with van der Waals surface area (Å²) in [4.78, 5) is 22.8. The van der Waals surface area contributed by atoms with Gasteiger partial charge in [0.05, 0.1) is 24.3 Å². The summed E-state index contributed by atoms with van der Waals surface area (Å²) in [5.41, 5.74) is 1.15. The molecule has 1 aliphatic rings. The molecule has 0 saturated carbocycles. The Morgan fingerprint density at radius 1 is 1.33 bits per heavy atom. The SMILES string of the molecule is Cc1ccc(NCN=CC=N)c(C(=O)N2CCCOC2CNc2ccc(C(F)(F)F)cn2)c1. The molecule has 1 fully saturated rings. The average Bonchev–Trinajstić information content (AvgIpc) is 2.80. The minimum Gasteiger partial charge on any atom is -0.366 e. The lowest BCUT2D eigenvalue weighted by atomic mass is 10.1. The molecular formula is C22H25F3N6O2. The number of carbonyl (C=O) groups is 1. The Bertz CT molecular complexity index is 995. The van der Waals surface area contributed by atoms with E-state index >= 15 is 0 Å². The van der Waals surface area contributed by atoms with Crippen LogP contribution in [0.25, 0.3) is 0 Å². The number of aliphatic imine (C=N–C) groups is 1. The number of alkyl halides is 3. The quantitative estimate of drug-likeness (QED) is 0.518. The molecule has 1 unspecified atom stereocenters. The van der Waals surface area contributed by atoms with Crippen LogP contribution < -0.4 is 10.6 Å². The molecule has 176 valence electrons. The largest absolute Gasteiger partial charge is 0.417 e. The van der Waals surface area contributed by atoms with Crippen molar-refractivity contribution < 1.29 is 22.7 Å². The third-order valence-corrected chi connectivity index (χ3v) is 4.96. The molecule has 3 N–H and O–H groups in total. The molecule has 0 bridgehead atoms. The van der Waals surface area contributed by atoms with Crippen LogP contribution in [0.3, 0.4) is 0 Å². The zero-order valence-corrected chi connectivity index (χ0v) is 18.0. The van der Waals surface area contributed by atoms with Crippen LogP contribution in [0.2, 0.25) is 0 Å². The molecule has 1 amide bonds. The number of nitrogens with zero attached hydrogens (tertiary/aromatic N) is 3. The highest BCUT2D eigenvalue weighted by Gasteiger charge is 2.31. The molecule has 33 heavy (non-hydrogen) atoms. The molecule has 0 spiro atoms. The lowest BCUT2D eigenvalue weighted by Crippen LogP contribution is -2.49. The second-order valence-electron chi connectivity index (χ2n) is 7.37. The van der Waals surface area contributed by atoms with Crippen molar-refractivity contribution in [3.05, 3.63) is 53.2 Å². The van der Waals surface area contributed by atoms with E-state index in [0.29, 0.717) is 30.8 Å². The fraction of sp³-hybridized carbons (Fsp3) is 0.364. The van der Waals surface area contributed by atoms with E-state index in [4.69, 9.17) is 10.1 Å². The number of amides is 1. The van der Waals surface area contributed by atoms with Crippen molar-refractivity contribution in [2.75, 3.05) is 37.0 Å². The van der Waals surface area contributed by atoms with Gasteiger partial charge in [-0.3, -0.25) is 9.79 Å². The Morgan fingerprint density at radius 3 is 2.85 bits per heavy atom. The van der Waals surface area contributed by atoms with Crippen LogP contribution in [0.4, 0.5) is 24.7 Å². The molecule has 1 atom stereocenters. The zero-order valence-electron chi connectivity index (χ0n) is 18.0. The molecular weight excluding hydrogens is 437 g/mol. The summed E-state index contributed by atoms with van der Waals surface area (Å²) < 4.78 is 44.0. The minimum atomic E-state index is -4.45. The maximum atomic E-state index is 13.4. The fourth-order valence-electron chi connectivity index (χ4n) is 3.33. The van der Waals surface area contributed by atoms with Crippen molar-refractivity contribution in [1.82, 2.24) is 9.88 Å². The van der Waals surface area contributed by atoms with Crippen molar-refractivity contribution >= 4 is 29.8 Å². The number of pyridine rings is 1. The summed E-state index contributed by atoms with van der Waals surface area (Å²) in [7, 11) is 0. The number of halogens is 3. The average molecular weight is 462 g/mol. The number of ether oxygens (including phenoxy) is 1. The number of aryl methyl sites for hydroxylation is 1. The van der Waals surface area contributed by atoms with Crippen LogP contribution in [0, 0.1) is 12.3 Å². The maximum Gasteiger partial charge on any atom is 0.417 e. The van der Waals surface area contributed by atoms with Gasteiger partial charge >= 0.3 is 6.18 Å². The lowest BCUT2D eigenvalue weighted by Gasteiger charge is -2.36. The Balaban J connectivity index is 1.72. The Labute approximate surface area is 189 Å². The van der Waals surface area contributed by atoms with Crippen LogP contribution >= 0.6 is 0 Å². The summed E-state index contributed by atoms with van der Waals surface area (Å²) >= 11 is 0. The third kappa shape index (κ3) is 6.51. The van der Waals surface area contributed by atoms with E-state index in [1.807, 2.05) is 13.0 Å². The number of aromatic nitrogens is 1. The van der Waals surface area contributed by atoms with Crippen molar-refractivity contribution in [3.63, 3.8) is 0 Å². The van der Waals surface area contributed by atoms with E-state index in [1.54, 1.807) is 17.0 Å². The molecule has 1 saturated heterocycles. The third-order valence-electron chi connectivity index (χ3n) is 4.96. The first-order valence-electron chi connectivity index (χ1n) is 10.3. The van der Waals surface area contributed by atoms with E-state index in [9.17, 15) is 18.0 Å². The lowest BCUT2D eigenvalue weighted by molar-refractivity contribution is -0.137. The van der Waals surface area contributed by atoms with E-state index in [-0.39, 0.29) is 24.9 Å². The van der Waals surface area contributed by atoms with Crippen molar-refractivity contribution in [2.24, 2.45) is 4.99 Å². The van der Waals surface area contributed by atoms with Gasteiger partial charge < -0.3 is 25.7 Å². The van der Waals surface area contributed by atoms with Gasteiger partial charge in [-0.1, -0.05) is 11.6 Å². The summed E-state index contributed by atoms with van der Waals surface area (Å²) in [5.74, 6) is 0.0238. The number of rotatable bonds is 8. The van der Waals surface area contributed by atoms with Gasteiger partial charge in [-0.2, -0.15) is 13.2 Å². The second kappa shape index (κ2) is 10.9. The predicted octanol–water partition coefficient (Wildman–Crippen LogP) is 3.80. The highest BCUT2D eigenvalue weighted by molar-refractivity contribution is 6.14. The molecule has 8 nitrogen and oxygen atoms in total. The summed E-state index contributed by atoms with van der Waals surface area (Å²) in [6.07, 6.45) is -1.22. The number of carbonyl (C=O) groups excluding carboxylic acids is 1. The number of nitrogens with one attached hydrogen (secondary N) is 3. The standard InChI is InChI=1S/C22H25F3N6O2/c1-15-3-5-18(30-14-27-8-7-26)17(11-15)21(32)31-9-2-10-33-20(31)13-29-19-6-4-16(12-28-19)22(23,24)25/h3-8,11-12,20,26,30H,2,9-10,13-14H2,1H3,(H,28,29). The number of hydrogen-bond acceptors (Lipinski definition) is 7. The molecule has 11 heteroatoms. The number of hydrogen-bond donors (Lipinski definition) is 3. The molecule has 2 aromatic rings. The van der Waals surface area contributed by atoms with Gasteiger partial charge in [0.2, 0.25) is 0 Å². The monoisotopic (exact) mass is 462 g/mol. The maximum absolute atomic E-state index is 13.4. The van der Waals surface area contributed by atoms with Gasteiger partial charge in [0, 0.05) is 30.9 Å². The first-order chi connectivity index (χ1) is 15.8. The highest BCUT2D eigenvalue weighted by atomic mass is 19.4. The van der Waals surface area contributed by atoms with E-state index in [0.717, 1.165) is 24.0 Å². The fourth-order valence-corrected chi connectivity index (χ4v) is 3.33. The first kappa shape index (κ1) is 24.2. The molecule has 3 rings (SSSR count). The number of benzene rings is 1. The normalized spacial score (nSPS) is 16.6. The van der Waals surface area contributed by atoms with Gasteiger partial charge in [-0.25, -0.2) is 4.98 Å². The van der Waals surface area contributed by atoms with Crippen LogP contribution in [0.1, 0.15) is 27.9 Å². The van der Waals surface area contributed by atoms with E-state index < -0.39 is 18.0 Å². The summed E-state index contributed by atoms with van der Waals surface area (Å²) in [6, 6.07) is 7.65. The minimum absolute atomic E-state index is 0.169. The topological polar surface area (TPSA) is 103 Å². The smallest absolute Gasteiger partial charge is 0.366 e. The van der Waals surface area contributed by atoms with Gasteiger partial charge in [-0.05, 0) is 37.6 Å².